The molecule has 2 aromatic rings. The number of amides is 1. The number of halogens is 3. The molecule has 0 saturated carbocycles. The van der Waals surface area contributed by atoms with Crippen LogP contribution < -0.4 is 16.2 Å². The molecule has 1 heterocycles. The topological polar surface area (TPSA) is 108 Å². The molecule has 2 aromatic carbocycles. The molecular weight excluding hydrogens is 559 g/mol. The number of ketones is 1. The molecule has 3 rings (SSSR count). The van der Waals surface area contributed by atoms with Crippen LogP contribution in [0.5, 0.6) is 5.75 Å². The molecule has 1 unspecified atom stereocenters. The Hall–Kier alpha value is -4.21. The first-order valence-corrected chi connectivity index (χ1v) is 14.2. The Morgan fingerprint density at radius 1 is 0.953 bits per heavy atom. The number of hydrogen-bond donors (Lipinski definition) is 2. The molecule has 234 valence electrons. The Labute approximate surface area is 252 Å². The second-order valence-electron chi connectivity index (χ2n) is 10.9. The van der Waals surface area contributed by atoms with Crippen molar-refractivity contribution >= 4 is 11.7 Å². The van der Waals surface area contributed by atoms with Crippen molar-refractivity contribution in [3.05, 3.63) is 100 Å². The van der Waals surface area contributed by atoms with Gasteiger partial charge in [0.25, 0.3) is 5.91 Å². The number of Topliss-reactive ketones (excluding diaryl/α,β-unsaturated/α-hetero) is 1. The van der Waals surface area contributed by atoms with Crippen molar-refractivity contribution in [1.29, 1.82) is 0 Å². The van der Waals surface area contributed by atoms with Crippen LogP contribution in [0.25, 0.3) is 0 Å². The molecular formula is C33H42F3N3O4. The van der Waals surface area contributed by atoms with Crippen LogP contribution in [0.3, 0.4) is 0 Å². The average molecular weight is 602 g/mol. The maximum Gasteiger partial charge on any atom is 0.573 e. The van der Waals surface area contributed by atoms with Gasteiger partial charge in [0.15, 0.2) is 11.5 Å². The van der Waals surface area contributed by atoms with Crippen LogP contribution in [0.15, 0.2) is 83.5 Å². The molecule has 0 spiro atoms. The summed E-state index contributed by atoms with van der Waals surface area (Å²) in [5.41, 5.74) is 13.6. The summed E-state index contributed by atoms with van der Waals surface area (Å²) in [7, 11) is 0. The fourth-order valence-corrected chi connectivity index (χ4v) is 4.23. The van der Waals surface area contributed by atoms with Crippen LogP contribution in [-0.4, -0.2) is 28.6 Å². The molecule has 0 aliphatic carbocycles. The lowest BCUT2D eigenvalue weighted by Gasteiger charge is -2.27. The van der Waals surface area contributed by atoms with Gasteiger partial charge in [-0.15, -0.1) is 13.2 Å². The zero-order chi connectivity index (χ0) is 32.7. The summed E-state index contributed by atoms with van der Waals surface area (Å²) in [6.45, 7) is 15.1. The van der Waals surface area contributed by atoms with Gasteiger partial charge in [0.05, 0.1) is 11.6 Å². The van der Waals surface area contributed by atoms with Gasteiger partial charge in [-0.3, -0.25) is 14.5 Å². The molecule has 43 heavy (non-hydrogen) atoms. The van der Waals surface area contributed by atoms with E-state index in [4.69, 9.17) is 16.2 Å². The number of nitrogens with two attached hydrogens (primary N) is 2. The molecule has 1 atom stereocenters. The zero-order valence-electron chi connectivity index (χ0n) is 26.0. The van der Waals surface area contributed by atoms with Crippen molar-refractivity contribution in [3.63, 3.8) is 0 Å². The standard InChI is InChI=1S/C31H36F3N3O4.C2H6/c1-7-22(35)14-17-24(36)37-26(20-12-15-23(16-13-20)40-31(32,33)34)25(28(29(37)39)41-30(4,5)6)27(38)21-10-8-19(9-11-21)18(2)3;1-2/h8-18,26H,7,35-36H2,1-6H3;1-2H3/b22-14-,24-17+;. The number of benzene rings is 2. The van der Waals surface area contributed by atoms with Crippen LogP contribution >= 0.6 is 0 Å². The lowest BCUT2D eigenvalue weighted by molar-refractivity contribution is -0.274. The predicted octanol–water partition coefficient (Wildman–Crippen LogP) is 7.62. The lowest BCUT2D eigenvalue weighted by atomic mass is 9.91. The largest absolute Gasteiger partial charge is 0.573 e. The SMILES string of the molecule is CC.CC/C(N)=C/C=C(\N)N1C(=O)C(OC(C)(C)C)=C(C(=O)c2ccc(C(C)C)cc2)C1c1ccc(OC(F)(F)F)cc1. The van der Waals surface area contributed by atoms with Gasteiger partial charge in [0.2, 0.25) is 0 Å². The fraction of sp³-hybridized carbons (Fsp3) is 0.394. The van der Waals surface area contributed by atoms with E-state index in [-0.39, 0.29) is 23.1 Å². The molecule has 1 aliphatic rings. The number of nitrogens with zero attached hydrogens (tertiary/aromatic N) is 1. The minimum atomic E-state index is -4.88. The lowest BCUT2D eigenvalue weighted by Crippen LogP contribution is -2.35. The third-order valence-corrected chi connectivity index (χ3v) is 6.27. The number of alkyl halides is 3. The maximum atomic E-state index is 14.1. The molecule has 0 bridgehead atoms. The Balaban J connectivity index is 0.00000316. The van der Waals surface area contributed by atoms with Crippen LogP contribution in [-0.2, 0) is 9.53 Å². The van der Waals surface area contributed by atoms with Gasteiger partial charge >= 0.3 is 6.36 Å². The zero-order valence-corrected chi connectivity index (χ0v) is 26.0. The van der Waals surface area contributed by atoms with Crippen LogP contribution in [0.4, 0.5) is 13.2 Å². The Kier molecular flexibility index (Phi) is 11.6. The monoisotopic (exact) mass is 601 g/mol. The van der Waals surface area contributed by atoms with Crippen molar-refractivity contribution < 1.29 is 32.2 Å². The van der Waals surface area contributed by atoms with E-state index in [1.165, 1.54) is 23.1 Å². The summed E-state index contributed by atoms with van der Waals surface area (Å²) in [6.07, 6.45) is -1.35. The van der Waals surface area contributed by atoms with E-state index in [1.807, 2.05) is 46.8 Å². The van der Waals surface area contributed by atoms with E-state index < -0.39 is 35.4 Å². The van der Waals surface area contributed by atoms with Crippen LogP contribution in [0, 0.1) is 0 Å². The fourth-order valence-electron chi connectivity index (χ4n) is 4.23. The molecule has 1 amide bonds. The van der Waals surface area contributed by atoms with Gasteiger partial charge in [-0.2, -0.15) is 0 Å². The van der Waals surface area contributed by atoms with Crippen molar-refractivity contribution in [2.75, 3.05) is 0 Å². The third kappa shape index (κ3) is 9.14. The number of carbonyl (C=O) groups is 2. The summed E-state index contributed by atoms with van der Waals surface area (Å²) in [5, 5.41) is 0. The quantitative estimate of drug-likeness (QED) is 0.226. The molecule has 0 aromatic heterocycles. The van der Waals surface area contributed by atoms with Gasteiger partial charge in [-0.05, 0) is 68.5 Å². The highest BCUT2D eigenvalue weighted by molar-refractivity contribution is 6.16. The number of rotatable bonds is 9. The van der Waals surface area contributed by atoms with E-state index in [0.29, 0.717) is 23.2 Å². The van der Waals surface area contributed by atoms with E-state index >= 15 is 0 Å². The first-order valence-electron chi connectivity index (χ1n) is 14.2. The Bertz CT molecular complexity index is 1370. The smallest absolute Gasteiger partial charge is 0.482 e. The second-order valence-corrected chi connectivity index (χ2v) is 10.9. The first kappa shape index (κ1) is 35.0. The molecule has 7 nitrogen and oxygen atoms in total. The van der Waals surface area contributed by atoms with Gasteiger partial charge in [-0.25, -0.2) is 0 Å². The second kappa shape index (κ2) is 14.3. The summed E-state index contributed by atoms with van der Waals surface area (Å²) >= 11 is 0. The average Bonchev–Trinajstić information content (AvgIpc) is 3.22. The highest BCUT2D eigenvalue weighted by atomic mass is 19.4. The van der Waals surface area contributed by atoms with Gasteiger partial charge in [0, 0.05) is 11.3 Å². The molecule has 0 radical (unpaired) electrons. The summed E-state index contributed by atoms with van der Waals surface area (Å²) in [5.74, 6) is -1.58. The van der Waals surface area contributed by atoms with Gasteiger partial charge in [0.1, 0.15) is 17.2 Å². The molecule has 1 aliphatic heterocycles. The highest BCUT2D eigenvalue weighted by Crippen LogP contribution is 2.43. The summed E-state index contributed by atoms with van der Waals surface area (Å²) in [4.78, 5) is 29.2. The van der Waals surface area contributed by atoms with E-state index in [0.717, 1.165) is 17.7 Å². The van der Waals surface area contributed by atoms with Gasteiger partial charge in [-0.1, -0.05) is 71.0 Å². The Morgan fingerprint density at radius 2 is 1.51 bits per heavy atom. The number of carbonyl (C=O) groups excluding carboxylic acids is 2. The maximum absolute atomic E-state index is 14.1. The molecule has 0 fully saturated rings. The number of hydrogen-bond acceptors (Lipinski definition) is 6. The first-order chi connectivity index (χ1) is 20.0. The van der Waals surface area contributed by atoms with Crippen molar-refractivity contribution in [2.24, 2.45) is 11.5 Å². The number of ether oxygens (including phenoxy) is 2. The van der Waals surface area contributed by atoms with Gasteiger partial charge < -0.3 is 20.9 Å². The summed E-state index contributed by atoms with van der Waals surface area (Å²) < 4.78 is 48.5. The van der Waals surface area contributed by atoms with Crippen LogP contribution in [0.2, 0.25) is 0 Å². The molecule has 4 N–H and O–H groups in total. The Morgan fingerprint density at radius 3 is 1.98 bits per heavy atom. The minimum Gasteiger partial charge on any atom is -0.482 e. The number of allylic oxidation sites excluding steroid dienone is 3. The van der Waals surface area contributed by atoms with Crippen molar-refractivity contribution in [2.45, 2.75) is 85.7 Å². The molecule has 10 heteroatoms. The van der Waals surface area contributed by atoms with E-state index in [1.54, 1.807) is 39.0 Å². The molecule has 0 saturated heterocycles. The summed E-state index contributed by atoms with van der Waals surface area (Å²) in [6, 6.07) is 10.8. The minimum absolute atomic E-state index is 0.00973. The third-order valence-electron chi connectivity index (χ3n) is 6.27. The van der Waals surface area contributed by atoms with Crippen molar-refractivity contribution in [3.8, 4) is 5.75 Å². The van der Waals surface area contributed by atoms with Crippen LogP contribution in [0.1, 0.15) is 95.3 Å². The van der Waals surface area contributed by atoms with E-state index in [2.05, 4.69) is 4.74 Å². The normalized spacial score (nSPS) is 16.3. The van der Waals surface area contributed by atoms with E-state index in [9.17, 15) is 22.8 Å². The highest BCUT2D eigenvalue weighted by Gasteiger charge is 2.47. The predicted molar refractivity (Wildman–Crippen MR) is 162 cm³/mol. The van der Waals surface area contributed by atoms with Crippen molar-refractivity contribution in [1.82, 2.24) is 4.90 Å².